The maximum absolute atomic E-state index is 12.8. The summed E-state index contributed by atoms with van der Waals surface area (Å²) in [6.07, 6.45) is -3.43. The van der Waals surface area contributed by atoms with Gasteiger partial charge in [0.2, 0.25) is 0 Å². The van der Waals surface area contributed by atoms with Gasteiger partial charge in [-0.25, -0.2) is 0 Å². The van der Waals surface area contributed by atoms with E-state index in [1.807, 2.05) is 0 Å². The molecule has 10 heteroatoms. The van der Waals surface area contributed by atoms with Crippen LogP contribution in [0, 0.1) is 11.3 Å². The fourth-order valence-corrected chi connectivity index (χ4v) is 2.76. The summed E-state index contributed by atoms with van der Waals surface area (Å²) in [6.45, 7) is 0. The van der Waals surface area contributed by atoms with Gasteiger partial charge in [0, 0.05) is 0 Å². The number of nitrogens with one attached hydrogen (secondary N) is 1. The summed E-state index contributed by atoms with van der Waals surface area (Å²) in [6, 6.07) is 6.93. The van der Waals surface area contributed by atoms with Crippen molar-refractivity contribution in [2.24, 2.45) is 0 Å². The molecule has 2 aromatic rings. The molecule has 0 aromatic heterocycles. The van der Waals surface area contributed by atoms with Gasteiger partial charge in [-0.05, 0) is 57.9 Å². The molecule has 146 valence electrons. The highest BCUT2D eigenvalue weighted by atomic mass is 79.9. The number of anilines is 1. The van der Waals surface area contributed by atoms with Crippen molar-refractivity contribution in [2.45, 2.75) is 6.18 Å². The van der Waals surface area contributed by atoms with Crippen LogP contribution < -0.4 is 10.1 Å². The number of nitriles is 1. The Morgan fingerprint density at radius 3 is 2.61 bits per heavy atom. The van der Waals surface area contributed by atoms with Gasteiger partial charge in [0.1, 0.15) is 11.6 Å². The summed E-state index contributed by atoms with van der Waals surface area (Å²) < 4.78 is 43.7. The van der Waals surface area contributed by atoms with E-state index in [1.165, 1.54) is 25.3 Å². The highest BCUT2D eigenvalue weighted by molar-refractivity contribution is 9.10. The van der Waals surface area contributed by atoms with Gasteiger partial charge in [-0.1, -0.05) is 11.6 Å². The maximum Gasteiger partial charge on any atom is 0.416 e. The summed E-state index contributed by atoms with van der Waals surface area (Å²) in [5.74, 6) is -1.02. The van der Waals surface area contributed by atoms with Crippen LogP contribution in [0.5, 0.6) is 11.5 Å². The molecule has 2 aromatic carbocycles. The minimum Gasteiger partial charge on any atom is -0.503 e. The van der Waals surface area contributed by atoms with Crippen LogP contribution in [0.15, 0.2) is 40.4 Å². The van der Waals surface area contributed by atoms with Gasteiger partial charge in [-0.15, -0.1) is 0 Å². The standard InChI is InChI=1S/C18H11BrClF3N2O3/c1-28-15-6-9(5-12(19)16(15)26)4-10(8-24)17(27)25-14-7-11(18(21,22)23)2-3-13(14)20/h2-7,26H,1H3,(H,25,27)/b10-4+. The third kappa shape index (κ3) is 4.97. The van der Waals surface area contributed by atoms with Crippen LogP contribution in [0.2, 0.25) is 5.02 Å². The molecule has 5 nitrogen and oxygen atoms in total. The molecule has 0 saturated heterocycles. The summed E-state index contributed by atoms with van der Waals surface area (Å²) in [7, 11) is 1.32. The Balaban J connectivity index is 2.37. The Morgan fingerprint density at radius 2 is 2.04 bits per heavy atom. The van der Waals surface area contributed by atoms with Gasteiger partial charge in [-0.2, -0.15) is 18.4 Å². The number of hydrogen-bond donors (Lipinski definition) is 2. The van der Waals surface area contributed by atoms with Crippen molar-refractivity contribution in [3.8, 4) is 17.6 Å². The second-order valence-corrected chi connectivity index (χ2v) is 6.63. The second-order valence-electron chi connectivity index (χ2n) is 5.37. The van der Waals surface area contributed by atoms with Crippen molar-refractivity contribution >= 4 is 45.2 Å². The zero-order chi connectivity index (χ0) is 21.1. The average molecular weight is 476 g/mol. The van der Waals surface area contributed by atoms with Crippen LogP contribution in [0.25, 0.3) is 6.08 Å². The van der Waals surface area contributed by atoms with Crippen molar-refractivity contribution in [3.63, 3.8) is 0 Å². The van der Waals surface area contributed by atoms with E-state index >= 15 is 0 Å². The van der Waals surface area contributed by atoms with Gasteiger partial charge in [0.05, 0.1) is 27.9 Å². The van der Waals surface area contributed by atoms with E-state index in [9.17, 15) is 28.3 Å². The number of methoxy groups -OCH3 is 1. The van der Waals surface area contributed by atoms with E-state index in [1.54, 1.807) is 6.07 Å². The molecule has 0 heterocycles. The van der Waals surface area contributed by atoms with Crippen LogP contribution in [0.4, 0.5) is 18.9 Å². The smallest absolute Gasteiger partial charge is 0.416 e. The highest BCUT2D eigenvalue weighted by Crippen LogP contribution is 2.36. The van der Waals surface area contributed by atoms with E-state index in [4.69, 9.17) is 16.3 Å². The maximum atomic E-state index is 12.8. The number of halogens is 5. The summed E-state index contributed by atoms with van der Waals surface area (Å²) in [5, 5.41) is 21.1. The third-order valence-corrected chi connectivity index (χ3v) is 4.42. The summed E-state index contributed by atoms with van der Waals surface area (Å²) >= 11 is 8.95. The Bertz CT molecular complexity index is 1000. The number of rotatable bonds is 4. The molecule has 28 heavy (non-hydrogen) atoms. The van der Waals surface area contributed by atoms with Crippen LogP contribution >= 0.6 is 27.5 Å². The molecule has 0 aliphatic rings. The topological polar surface area (TPSA) is 82.3 Å². The molecule has 0 saturated carbocycles. The Morgan fingerprint density at radius 1 is 1.36 bits per heavy atom. The lowest BCUT2D eigenvalue weighted by atomic mass is 10.1. The predicted octanol–water partition coefficient (Wildman–Crippen LogP) is 5.38. The number of carbonyl (C=O) groups is 1. The zero-order valence-electron chi connectivity index (χ0n) is 14.1. The molecule has 2 rings (SSSR count). The van der Waals surface area contributed by atoms with Crippen LogP contribution in [0.3, 0.4) is 0 Å². The SMILES string of the molecule is COc1cc(/C=C(\C#N)C(=O)Nc2cc(C(F)(F)F)ccc2Cl)cc(Br)c1O. The van der Waals surface area contributed by atoms with Gasteiger partial charge < -0.3 is 15.2 Å². The number of amides is 1. The Hall–Kier alpha value is -2.70. The first kappa shape index (κ1) is 21.6. The number of carbonyl (C=O) groups excluding carboxylic acids is 1. The normalized spacial score (nSPS) is 11.7. The first-order valence-electron chi connectivity index (χ1n) is 7.43. The minimum atomic E-state index is -4.62. The first-order valence-corrected chi connectivity index (χ1v) is 8.60. The summed E-state index contributed by atoms with van der Waals surface area (Å²) in [5.41, 5.74) is -1.34. The molecule has 0 radical (unpaired) electrons. The number of phenolic OH excluding ortho intramolecular Hbond substituents is 1. The quantitative estimate of drug-likeness (QED) is 0.459. The second kappa shape index (κ2) is 8.54. The third-order valence-electron chi connectivity index (χ3n) is 3.49. The number of ether oxygens (including phenoxy) is 1. The number of phenols is 1. The molecule has 0 bridgehead atoms. The average Bonchev–Trinajstić information content (AvgIpc) is 2.63. The lowest BCUT2D eigenvalue weighted by Gasteiger charge is -2.11. The minimum absolute atomic E-state index is 0.0965. The van der Waals surface area contributed by atoms with Crippen molar-refractivity contribution in [3.05, 3.63) is 56.5 Å². The van der Waals surface area contributed by atoms with Crippen LogP contribution in [-0.2, 0) is 11.0 Å². The fraction of sp³-hybridized carbons (Fsp3) is 0.111. The number of nitrogens with zero attached hydrogens (tertiary/aromatic N) is 1. The molecule has 0 aliphatic carbocycles. The molecule has 0 spiro atoms. The largest absolute Gasteiger partial charge is 0.503 e. The van der Waals surface area contributed by atoms with E-state index in [0.29, 0.717) is 11.6 Å². The highest BCUT2D eigenvalue weighted by Gasteiger charge is 2.31. The summed E-state index contributed by atoms with van der Waals surface area (Å²) in [4.78, 5) is 12.3. The Kier molecular flexibility index (Phi) is 6.59. The van der Waals surface area contributed by atoms with E-state index < -0.39 is 23.2 Å². The molecule has 0 aliphatic heterocycles. The van der Waals surface area contributed by atoms with Crippen molar-refractivity contribution in [1.29, 1.82) is 5.26 Å². The van der Waals surface area contributed by atoms with Gasteiger partial charge >= 0.3 is 6.18 Å². The lowest BCUT2D eigenvalue weighted by Crippen LogP contribution is -2.15. The van der Waals surface area contributed by atoms with Crippen LogP contribution in [0.1, 0.15) is 11.1 Å². The van der Waals surface area contributed by atoms with E-state index in [0.717, 1.165) is 12.1 Å². The molecule has 0 atom stereocenters. The lowest BCUT2D eigenvalue weighted by molar-refractivity contribution is -0.137. The molecular formula is C18H11BrClF3N2O3. The Labute approximate surface area is 171 Å². The molecular weight excluding hydrogens is 465 g/mol. The van der Waals surface area contributed by atoms with Crippen molar-refractivity contribution in [2.75, 3.05) is 12.4 Å². The number of alkyl halides is 3. The van der Waals surface area contributed by atoms with Crippen molar-refractivity contribution < 1.29 is 27.8 Å². The molecule has 1 amide bonds. The van der Waals surface area contributed by atoms with Crippen molar-refractivity contribution in [1.82, 2.24) is 0 Å². The van der Waals surface area contributed by atoms with E-state index in [-0.39, 0.29) is 26.7 Å². The van der Waals surface area contributed by atoms with E-state index in [2.05, 4.69) is 21.2 Å². The zero-order valence-corrected chi connectivity index (χ0v) is 16.4. The first-order chi connectivity index (χ1) is 13.1. The molecule has 0 fully saturated rings. The number of hydrogen-bond acceptors (Lipinski definition) is 4. The van der Waals surface area contributed by atoms with Gasteiger partial charge in [0.25, 0.3) is 5.91 Å². The molecule has 0 unspecified atom stereocenters. The fourth-order valence-electron chi connectivity index (χ4n) is 2.14. The monoisotopic (exact) mass is 474 g/mol. The predicted molar refractivity (Wildman–Crippen MR) is 101 cm³/mol. The van der Waals surface area contributed by atoms with Crippen LogP contribution in [-0.4, -0.2) is 18.1 Å². The number of aromatic hydroxyl groups is 1. The van der Waals surface area contributed by atoms with Gasteiger partial charge in [0.15, 0.2) is 11.5 Å². The van der Waals surface area contributed by atoms with Gasteiger partial charge in [-0.3, -0.25) is 4.79 Å². The molecule has 2 N–H and O–H groups in total. The number of benzene rings is 2.